The van der Waals surface area contributed by atoms with E-state index >= 15 is 0 Å². The first-order valence-electron chi connectivity index (χ1n) is 7.17. The lowest BCUT2D eigenvalue weighted by molar-refractivity contribution is 0.0642. The van der Waals surface area contributed by atoms with Crippen LogP contribution >= 0.6 is 0 Å². The Morgan fingerprint density at radius 2 is 1.94 bits per heavy atom. The highest BCUT2D eigenvalue weighted by Crippen LogP contribution is 2.31. The fourth-order valence-electron chi connectivity index (χ4n) is 2.53. The number of benzene rings is 1. The molecule has 1 N–H and O–H groups in total. The predicted octanol–water partition coefficient (Wildman–Crippen LogP) is 3.03. The standard InChI is InChI=1S/C16H25NO/c1-2-3-10-18-11-9-16(13-17-14-16)12-15-7-5-4-6-8-15/h4-8,17H,2-3,9-14H2,1H3. The second-order valence-corrected chi connectivity index (χ2v) is 5.48. The average Bonchev–Trinajstić information content (AvgIpc) is 2.36. The third-order valence-corrected chi connectivity index (χ3v) is 3.84. The minimum atomic E-state index is 0.438. The van der Waals surface area contributed by atoms with Crippen LogP contribution in [0, 0.1) is 5.41 Å². The summed E-state index contributed by atoms with van der Waals surface area (Å²) in [6, 6.07) is 10.8. The van der Waals surface area contributed by atoms with Gasteiger partial charge in [-0.2, -0.15) is 0 Å². The normalized spacial score (nSPS) is 17.4. The van der Waals surface area contributed by atoms with Crippen molar-refractivity contribution in [2.75, 3.05) is 26.3 Å². The van der Waals surface area contributed by atoms with Gasteiger partial charge < -0.3 is 10.1 Å². The summed E-state index contributed by atoms with van der Waals surface area (Å²) in [7, 11) is 0. The Morgan fingerprint density at radius 1 is 1.17 bits per heavy atom. The van der Waals surface area contributed by atoms with Crippen LogP contribution in [0.2, 0.25) is 0 Å². The Morgan fingerprint density at radius 3 is 2.56 bits per heavy atom. The van der Waals surface area contributed by atoms with Gasteiger partial charge in [0.25, 0.3) is 0 Å². The summed E-state index contributed by atoms with van der Waals surface area (Å²) in [6.45, 7) is 6.31. The third kappa shape index (κ3) is 3.82. The van der Waals surface area contributed by atoms with Crippen molar-refractivity contribution < 1.29 is 4.74 Å². The van der Waals surface area contributed by atoms with E-state index in [-0.39, 0.29) is 0 Å². The Bertz CT molecular complexity index is 332. The van der Waals surface area contributed by atoms with E-state index in [9.17, 15) is 0 Å². The summed E-state index contributed by atoms with van der Waals surface area (Å²) >= 11 is 0. The topological polar surface area (TPSA) is 21.3 Å². The lowest BCUT2D eigenvalue weighted by atomic mass is 9.74. The second kappa shape index (κ2) is 6.91. The van der Waals surface area contributed by atoms with Crippen LogP contribution in [0.4, 0.5) is 0 Å². The molecule has 2 nitrogen and oxygen atoms in total. The summed E-state index contributed by atoms with van der Waals surface area (Å²) in [6.07, 6.45) is 4.76. The maximum Gasteiger partial charge on any atom is 0.0472 e. The third-order valence-electron chi connectivity index (χ3n) is 3.84. The number of ether oxygens (including phenoxy) is 1. The molecule has 0 aliphatic carbocycles. The molecule has 0 bridgehead atoms. The van der Waals surface area contributed by atoms with Gasteiger partial charge in [-0.25, -0.2) is 0 Å². The van der Waals surface area contributed by atoms with Crippen molar-refractivity contribution in [3.05, 3.63) is 35.9 Å². The van der Waals surface area contributed by atoms with E-state index in [2.05, 4.69) is 42.6 Å². The molecule has 100 valence electrons. The summed E-state index contributed by atoms with van der Waals surface area (Å²) in [4.78, 5) is 0. The van der Waals surface area contributed by atoms with Gasteiger partial charge >= 0.3 is 0 Å². The van der Waals surface area contributed by atoms with Crippen LogP contribution in [0.25, 0.3) is 0 Å². The second-order valence-electron chi connectivity index (χ2n) is 5.48. The molecule has 2 heteroatoms. The molecule has 1 saturated heterocycles. The fourth-order valence-corrected chi connectivity index (χ4v) is 2.53. The highest BCUT2D eigenvalue weighted by molar-refractivity contribution is 5.18. The maximum atomic E-state index is 5.72. The zero-order chi connectivity index (χ0) is 12.7. The van der Waals surface area contributed by atoms with Crippen LogP contribution in [0.5, 0.6) is 0 Å². The molecule has 1 aliphatic heterocycles. The molecule has 1 heterocycles. The first-order valence-corrected chi connectivity index (χ1v) is 7.17. The molecule has 0 saturated carbocycles. The molecule has 0 unspecified atom stereocenters. The van der Waals surface area contributed by atoms with Crippen LogP contribution in [0.3, 0.4) is 0 Å². The summed E-state index contributed by atoms with van der Waals surface area (Å²) in [5.74, 6) is 0. The molecule has 1 aromatic rings. The largest absolute Gasteiger partial charge is 0.381 e. The summed E-state index contributed by atoms with van der Waals surface area (Å²) < 4.78 is 5.72. The van der Waals surface area contributed by atoms with Gasteiger partial charge in [0.2, 0.25) is 0 Å². The van der Waals surface area contributed by atoms with E-state index in [1.165, 1.54) is 31.2 Å². The van der Waals surface area contributed by atoms with Crippen molar-refractivity contribution in [2.24, 2.45) is 5.41 Å². The zero-order valence-corrected chi connectivity index (χ0v) is 11.5. The van der Waals surface area contributed by atoms with Crippen molar-refractivity contribution in [3.63, 3.8) is 0 Å². The van der Waals surface area contributed by atoms with E-state index in [0.717, 1.165) is 26.3 Å². The maximum absolute atomic E-state index is 5.72. The molecule has 1 aliphatic rings. The smallest absolute Gasteiger partial charge is 0.0472 e. The Hall–Kier alpha value is -0.860. The van der Waals surface area contributed by atoms with Crippen LogP contribution in [-0.4, -0.2) is 26.3 Å². The van der Waals surface area contributed by atoms with Crippen molar-refractivity contribution in [1.29, 1.82) is 0 Å². The monoisotopic (exact) mass is 247 g/mol. The molecule has 0 amide bonds. The lowest BCUT2D eigenvalue weighted by Crippen LogP contribution is -2.55. The number of nitrogens with one attached hydrogen (secondary N) is 1. The molecular formula is C16H25NO. The molecule has 18 heavy (non-hydrogen) atoms. The first kappa shape index (κ1) is 13.6. The van der Waals surface area contributed by atoms with Crippen molar-refractivity contribution in [1.82, 2.24) is 5.32 Å². The Labute approximate surface area is 111 Å². The Balaban J connectivity index is 1.76. The van der Waals surface area contributed by atoms with Crippen LogP contribution in [0.1, 0.15) is 31.7 Å². The van der Waals surface area contributed by atoms with Gasteiger partial charge in [0, 0.05) is 31.7 Å². The number of hydrogen-bond donors (Lipinski definition) is 1. The molecule has 0 radical (unpaired) electrons. The van der Waals surface area contributed by atoms with E-state index in [1.807, 2.05) is 0 Å². The van der Waals surface area contributed by atoms with Crippen molar-refractivity contribution in [2.45, 2.75) is 32.6 Å². The first-order chi connectivity index (χ1) is 8.85. The van der Waals surface area contributed by atoms with E-state index in [1.54, 1.807) is 0 Å². The molecule has 0 spiro atoms. The molecule has 0 atom stereocenters. The van der Waals surface area contributed by atoms with Crippen molar-refractivity contribution in [3.8, 4) is 0 Å². The van der Waals surface area contributed by atoms with Gasteiger partial charge in [0.1, 0.15) is 0 Å². The predicted molar refractivity (Wildman–Crippen MR) is 75.8 cm³/mol. The van der Waals surface area contributed by atoms with Gasteiger partial charge in [0.05, 0.1) is 0 Å². The zero-order valence-electron chi connectivity index (χ0n) is 11.5. The summed E-state index contributed by atoms with van der Waals surface area (Å²) in [5.41, 5.74) is 1.89. The molecule has 2 rings (SSSR count). The van der Waals surface area contributed by atoms with E-state index in [4.69, 9.17) is 4.74 Å². The summed E-state index contributed by atoms with van der Waals surface area (Å²) in [5, 5.41) is 3.42. The molecular weight excluding hydrogens is 222 g/mol. The van der Waals surface area contributed by atoms with E-state index < -0.39 is 0 Å². The van der Waals surface area contributed by atoms with Gasteiger partial charge in [-0.15, -0.1) is 0 Å². The minimum absolute atomic E-state index is 0.438. The van der Waals surface area contributed by atoms with Crippen LogP contribution < -0.4 is 5.32 Å². The number of hydrogen-bond acceptors (Lipinski definition) is 2. The number of unbranched alkanes of at least 4 members (excludes halogenated alkanes) is 1. The Kier molecular flexibility index (Phi) is 5.21. The van der Waals surface area contributed by atoms with Crippen LogP contribution in [0.15, 0.2) is 30.3 Å². The average molecular weight is 247 g/mol. The highest BCUT2D eigenvalue weighted by Gasteiger charge is 2.36. The molecule has 1 fully saturated rings. The van der Waals surface area contributed by atoms with Crippen molar-refractivity contribution >= 4 is 0 Å². The van der Waals surface area contributed by atoms with Crippen LogP contribution in [-0.2, 0) is 11.2 Å². The van der Waals surface area contributed by atoms with Gasteiger partial charge in [-0.05, 0) is 24.8 Å². The number of rotatable bonds is 8. The quantitative estimate of drug-likeness (QED) is 0.713. The fraction of sp³-hybridized carbons (Fsp3) is 0.625. The highest BCUT2D eigenvalue weighted by atomic mass is 16.5. The SMILES string of the molecule is CCCCOCCC1(Cc2ccccc2)CNC1. The van der Waals surface area contributed by atoms with E-state index in [0.29, 0.717) is 5.41 Å². The minimum Gasteiger partial charge on any atom is -0.381 e. The molecule has 1 aromatic carbocycles. The van der Waals surface area contributed by atoms with Gasteiger partial charge in [-0.3, -0.25) is 0 Å². The van der Waals surface area contributed by atoms with Gasteiger partial charge in [0.15, 0.2) is 0 Å². The van der Waals surface area contributed by atoms with Gasteiger partial charge in [-0.1, -0.05) is 43.7 Å². The molecule has 0 aromatic heterocycles. The lowest BCUT2D eigenvalue weighted by Gasteiger charge is -2.43.